The highest BCUT2D eigenvalue weighted by Gasteiger charge is 2.17. The Labute approximate surface area is 153 Å². The zero-order chi connectivity index (χ0) is 18.1. The van der Waals surface area contributed by atoms with Crippen molar-refractivity contribution in [1.82, 2.24) is 9.97 Å². The Morgan fingerprint density at radius 3 is 2.77 bits per heavy atom. The number of rotatable bonds is 4. The Morgan fingerprint density at radius 1 is 1.12 bits per heavy atom. The molecule has 0 atom stereocenters. The number of nitrogen functional groups attached to an aromatic ring is 1. The van der Waals surface area contributed by atoms with Gasteiger partial charge < -0.3 is 15.5 Å². The molecule has 0 aliphatic rings. The summed E-state index contributed by atoms with van der Waals surface area (Å²) in [6, 6.07) is 12.5. The lowest BCUT2D eigenvalue weighted by Crippen LogP contribution is -1.93. The number of nitrogens with one attached hydrogen (secondary N) is 1. The molecule has 0 radical (unpaired) electrons. The number of nitrogens with zero attached hydrogens (tertiary/aromatic N) is 2. The number of hydrogen-bond donors (Lipinski definition) is 2. The van der Waals surface area contributed by atoms with Gasteiger partial charge in [-0.15, -0.1) is 0 Å². The van der Waals surface area contributed by atoms with Crippen LogP contribution in [-0.4, -0.2) is 16.3 Å². The molecule has 7 heteroatoms. The van der Waals surface area contributed by atoms with Gasteiger partial charge in [0.1, 0.15) is 17.1 Å². The van der Waals surface area contributed by atoms with Crippen molar-refractivity contribution >= 4 is 46.1 Å². The van der Waals surface area contributed by atoms with Crippen LogP contribution in [0.25, 0.3) is 22.2 Å². The summed E-state index contributed by atoms with van der Waals surface area (Å²) in [5.41, 5.74) is 9.65. The summed E-state index contributed by atoms with van der Waals surface area (Å²) in [6.07, 6.45) is 3.90. The second-order valence-electron chi connectivity index (χ2n) is 5.60. The number of nitrogens with two attached hydrogens (primary N) is 1. The first-order chi connectivity index (χ1) is 12.7. The molecular formula is C19H13ClN4O2. The minimum atomic E-state index is 0.235. The molecule has 26 heavy (non-hydrogen) atoms. The van der Waals surface area contributed by atoms with E-state index in [1.807, 2.05) is 18.2 Å². The molecule has 6 nitrogen and oxygen atoms in total. The van der Waals surface area contributed by atoms with Gasteiger partial charge in [0.05, 0.1) is 5.39 Å². The first kappa shape index (κ1) is 16.1. The van der Waals surface area contributed by atoms with Gasteiger partial charge in [-0.05, 0) is 36.4 Å². The molecule has 0 spiro atoms. The van der Waals surface area contributed by atoms with Crippen LogP contribution in [0.2, 0.25) is 5.02 Å². The molecule has 0 unspecified atom stereocenters. The fraction of sp³-hybridized carbons (Fsp3) is 0. The summed E-state index contributed by atoms with van der Waals surface area (Å²) < 4.78 is 5.77. The first-order valence-corrected chi connectivity index (χ1v) is 8.14. The van der Waals surface area contributed by atoms with E-state index >= 15 is 0 Å². The average Bonchev–Trinajstić information content (AvgIpc) is 2.97. The van der Waals surface area contributed by atoms with Gasteiger partial charge in [0.25, 0.3) is 0 Å². The topological polar surface area (TPSA) is 94.0 Å². The van der Waals surface area contributed by atoms with Crippen LogP contribution < -0.4 is 11.1 Å². The van der Waals surface area contributed by atoms with Crippen molar-refractivity contribution < 1.29 is 9.21 Å². The van der Waals surface area contributed by atoms with Crippen LogP contribution in [0.15, 0.2) is 59.3 Å². The van der Waals surface area contributed by atoms with E-state index in [4.69, 9.17) is 21.8 Å². The molecule has 3 aromatic heterocycles. The first-order valence-electron chi connectivity index (χ1n) is 7.77. The second-order valence-corrected chi connectivity index (χ2v) is 6.04. The van der Waals surface area contributed by atoms with E-state index in [1.165, 1.54) is 0 Å². The SMILES string of the molecule is Nc1oc2c(-c3ccnc(C=O)c3)nccc2c1Nc1cccc(Cl)c1. The number of pyridine rings is 2. The molecule has 3 N–H and O–H groups in total. The normalized spacial score (nSPS) is 10.8. The maximum absolute atomic E-state index is 11.0. The number of halogens is 1. The summed E-state index contributed by atoms with van der Waals surface area (Å²) in [7, 11) is 0. The van der Waals surface area contributed by atoms with E-state index < -0.39 is 0 Å². The van der Waals surface area contributed by atoms with E-state index in [9.17, 15) is 4.79 Å². The molecule has 128 valence electrons. The second kappa shape index (κ2) is 6.50. The fourth-order valence-corrected chi connectivity index (χ4v) is 2.94. The summed E-state index contributed by atoms with van der Waals surface area (Å²) >= 11 is 6.04. The number of carbonyl (C=O) groups is 1. The van der Waals surface area contributed by atoms with E-state index in [0.29, 0.717) is 34.0 Å². The predicted octanol–water partition coefficient (Wildman–Crippen LogP) is 4.68. The van der Waals surface area contributed by atoms with Gasteiger partial charge in [-0.25, -0.2) is 0 Å². The summed E-state index contributed by atoms with van der Waals surface area (Å²) in [4.78, 5) is 19.4. The van der Waals surface area contributed by atoms with E-state index in [1.54, 1.807) is 36.7 Å². The zero-order valence-corrected chi connectivity index (χ0v) is 14.2. The molecule has 0 saturated carbocycles. The molecule has 0 bridgehead atoms. The Kier molecular flexibility index (Phi) is 4.02. The van der Waals surface area contributed by atoms with E-state index in [0.717, 1.165) is 16.6 Å². The smallest absolute Gasteiger partial charge is 0.215 e. The lowest BCUT2D eigenvalue weighted by molar-refractivity contribution is 0.111. The van der Waals surface area contributed by atoms with E-state index in [-0.39, 0.29) is 5.88 Å². The standard InChI is InChI=1S/C19H13ClN4O2/c20-12-2-1-3-13(9-12)24-17-15-5-7-23-16(18(15)26-19(17)21)11-4-6-22-14(8-11)10-25/h1-10,24H,21H2. The van der Waals surface area contributed by atoms with Gasteiger partial charge >= 0.3 is 0 Å². The van der Waals surface area contributed by atoms with Crippen molar-refractivity contribution in [3.63, 3.8) is 0 Å². The Hall–Kier alpha value is -3.38. The molecule has 0 amide bonds. The van der Waals surface area contributed by atoms with Gasteiger partial charge in [-0.3, -0.25) is 14.8 Å². The van der Waals surface area contributed by atoms with Gasteiger partial charge in [0.2, 0.25) is 5.88 Å². The third-order valence-electron chi connectivity index (χ3n) is 3.90. The maximum atomic E-state index is 11.0. The molecule has 4 aromatic rings. The van der Waals surface area contributed by atoms with Crippen LogP contribution in [0.4, 0.5) is 17.3 Å². The summed E-state index contributed by atoms with van der Waals surface area (Å²) in [6.45, 7) is 0. The Bertz CT molecular complexity index is 1120. The van der Waals surface area contributed by atoms with Crippen molar-refractivity contribution in [2.75, 3.05) is 11.1 Å². The number of aldehydes is 1. The van der Waals surface area contributed by atoms with Crippen molar-refractivity contribution in [3.8, 4) is 11.3 Å². The van der Waals surface area contributed by atoms with Crippen LogP contribution in [0, 0.1) is 0 Å². The van der Waals surface area contributed by atoms with Crippen LogP contribution in [0.3, 0.4) is 0 Å². The molecule has 0 fully saturated rings. The number of aromatic nitrogens is 2. The maximum Gasteiger partial charge on any atom is 0.215 e. The van der Waals surface area contributed by atoms with Crippen LogP contribution in [0.1, 0.15) is 10.5 Å². The summed E-state index contributed by atoms with van der Waals surface area (Å²) in [5, 5.41) is 4.63. The van der Waals surface area contributed by atoms with Crippen LogP contribution in [-0.2, 0) is 0 Å². The minimum absolute atomic E-state index is 0.235. The molecular weight excluding hydrogens is 352 g/mol. The molecule has 1 aromatic carbocycles. The van der Waals surface area contributed by atoms with Crippen molar-refractivity contribution in [1.29, 1.82) is 0 Å². The monoisotopic (exact) mass is 364 g/mol. The highest BCUT2D eigenvalue weighted by atomic mass is 35.5. The van der Waals surface area contributed by atoms with Gasteiger partial charge in [-0.2, -0.15) is 0 Å². The predicted molar refractivity (Wildman–Crippen MR) is 102 cm³/mol. The minimum Gasteiger partial charge on any atom is -0.436 e. The van der Waals surface area contributed by atoms with Gasteiger partial charge in [0, 0.05) is 28.7 Å². The molecule has 0 saturated heterocycles. The van der Waals surface area contributed by atoms with E-state index in [2.05, 4.69) is 15.3 Å². The third-order valence-corrected chi connectivity index (χ3v) is 4.14. The van der Waals surface area contributed by atoms with Gasteiger partial charge in [-0.1, -0.05) is 17.7 Å². The summed E-state index contributed by atoms with van der Waals surface area (Å²) in [5.74, 6) is 0.235. The molecule has 3 heterocycles. The highest BCUT2D eigenvalue weighted by Crippen LogP contribution is 2.39. The highest BCUT2D eigenvalue weighted by molar-refractivity contribution is 6.30. The van der Waals surface area contributed by atoms with Crippen molar-refractivity contribution in [2.45, 2.75) is 0 Å². The Morgan fingerprint density at radius 2 is 1.96 bits per heavy atom. The molecule has 4 rings (SSSR count). The Balaban J connectivity index is 1.84. The average molecular weight is 365 g/mol. The van der Waals surface area contributed by atoms with Crippen molar-refractivity contribution in [2.24, 2.45) is 0 Å². The number of fused-ring (bicyclic) bond motifs is 1. The molecule has 0 aliphatic carbocycles. The van der Waals surface area contributed by atoms with Gasteiger partial charge in [0.15, 0.2) is 11.9 Å². The van der Waals surface area contributed by atoms with Crippen LogP contribution in [0.5, 0.6) is 0 Å². The molecule has 0 aliphatic heterocycles. The fourth-order valence-electron chi connectivity index (χ4n) is 2.75. The number of hydrogen-bond acceptors (Lipinski definition) is 6. The third kappa shape index (κ3) is 2.87. The van der Waals surface area contributed by atoms with Crippen LogP contribution >= 0.6 is 11.6 Å². The lowest BCUT2D eigenvalue weighted by Gasteiger charge is -2.06. The van der Waals surface area contributed by atoms with Crippen molar-refractivity contribution in [3.05, 3.63) is 65.6 Å². The quantitative estimate of drug-likeness (QED) is 0.510. The number of furan rings is 1. The number of carbonyl (C=O) groups excluding carboxylic acids is 1. The zero-order valence-electron chi connectivity index (χ0n) is 13.4. The largest absolute Gasteiger partial charge is 0.436 e. The number of benzene rings is 1. The number of anilines is 3. The lowest BCUT2D eigenvalue weighted by atomic mass is 10.1.